The molecule has 0 saturated heterocycles. The van der Waals surface area contributed by atoms with Gasteiger partial charge in [-0.15, -0.1) is 11.3 Å². The summed E-state index contributed by atoms with van der Waals surface area (Å²) in [6.07, 6.45) is 0. The summed E-state index contributed by atoms with van der Waals surface area (Å²) in [6, 6.07) is 11.2. The highest BCUT2D eigenvalue weighted by Gasteiger charge is 2.16. The molecule has 1 heterocycles. The van der Waals surface area contributed by atoms with Crippen molar-refractivity contribution in [3.05, 3.63) is 53.7 Å². The van der Waals surface area contributed by atoms with Gasteiger partial charge < -0.3 is 5.32 Å². The number of rotatable bonds is 4. The van der Waals surface area contributed by atoms with E-state index in [2.05, 4.69) is 88.0 Å². The van der Waals surface area contributed by atoms with Gasteiger partial charge in [-0.05, 0) is 81.3 Å². The van der Waals surface area contributed by atoms with Gasteiger partial charge in [-0.3, -0.25) is 0 Å². The van der Waals surface area contributed by atoms with E-state index in [1.807, 2.05) is 11.3 Å². The highest BCUT2D eigenvalue weighted by molar-refractivity contribution is 14.1. The second-order valence-corrected chi connectivity index (χ2v) is 7.80. The van der Waals surface area contributed by atoms with Gasteiger partial charge in [0.2, 0.25) is 0 Å². The highest BCUT2D eigenvalue weighted by Crippen LogP contribution is 2.34. The topological polar surface area (TPSA) is 12.0 Å². The molecule has 1 N–H and O–H groups in total. The van der Waals surface area contributed by atoms with Gasteiger partial charge in [0.05, 0.1) is 9.83 Å². The zero-order valence-electron chi connectivity index (χ0n) is 10.3. The number of halogens is 2. The predicted octanol–water partition coefficient (Wildman–Crippen LogP) is 5.12. The van der Waals surface area contributed by atoms with E-state index in [0.29, 0.717) is 6.04 Å². The summed E-state index contributed by atoms with van der Waals surface area (Å²) in [4.78, 5) is 1.36. The molecule has 18 heavy (non-hydrogen) atoms. The lowest BCUT2D eigenvalue weighted by Crippen LogP contribution is -2.21. The molecule has 0 aliphatic carbocycles. The maximum absolute atomic E-state index is 3.61. The number of thiophene rings is 1. The van der Waals surface area contributed by atoms with Crippen LogP contribution in [0.4, 0.5) is 0 Å². The van der Waals surface area contributed by atoms with E-state index in [4.69, 9.17) is 0 Å². The lowest BCUT2D eigenvalue weighted by Gasteiger charge is -2.17. The number of hydrogen-bond acceptors (Lipinski definition) is 2. The molecule has 2 rings (SSSR count). The largest absolute Gasteiger partial charge is 0.306 e. The van der Waals surface area contributed by atoms with Crippen LogP contribution in [0.3, 0.4) is 0 Å². The number of benzene rings is 1. The molecule has 0 fully saturated rings. The van der Waals surface area contributed by atoms with Crippen molar-refractivity contribution < 1.29 is 0 Å². The monoisotopic (exact) mass is 435 g/mol. The van der Waals surface area contributed by atoms with Crippen molar-refractivity contribution in [1.82, 2.24) is 5.32 Å². The van der Waals surface area contributed by atoms with Gasteiger partial charge in [0, 0.05) is 8.45 Å². The summed E-state index contributed by atoms with van der Waals surface area (Å²) in [6.45, 7) is 5.25. The second kappa shape index (κ2) is 6.50. The molecule has 0 bridgehead atoms. The first kappa shape index (κ1) is 14.5. The maximum Gasteiger partial charge on any atom is 0.0731 e. The molecule has 1 unspecified atom stereocenters. The molecule has 2 aromatic rings. The number of hydrogen-bond donors (Lipinski definition) is 1. The van der Waals surface area contributed by atoms with E-state index in [1.165, 1.54) is 23.4 Å². The van der Waals surface area contributed by atoms with Crippen LogP contribution in [0.15, 0.2) is 34.1 Å². The third kappa shape index (κ3) is 3.35. The molecule has 0 amide bonds. The maximum atomic E-state index is 3.61. The van der Waals surface area contributed by atoms with Gasteiger partial charge in [0.25, 0.3) is 0 Å². The van der Waals surface area contributed by atoms with Crippen LogP contribution in [0.25, 0.3) is 0 Å². The molecule has 1 atom stereocenters. The molecule has 0 radical (unpaired) electrons. The first-order valence-electron chi connectivity index (χ1n) is 5.86. The molecule has 0 aliphatic rings. The second-order valence-electron chi connectivity index (χ2n) is 4.15. The fourth-order valence-corrected chi connectivity index (χ4v) is 4.14. The predicted molar refractivity (Wildman–Crippen MR) is 91.4 cm³/mol. The summed E-state index contributed by atoms with van der Waals surface area (Å²) in [5.74, 6) is 0. The SMILES string of the molecule is CCNC(c1cccc(I)c1)c1cc(C)c(Br)s1. The minimum Gasteiger partial charge on any atom is -0.306 e. The molecule has 96 valence electrons. The Kier molecular flexibility index (Phi) is 5.24. The zero-order chi connectivity index (χ0) is 13.1. The van der Waals surface area contributed by atoms with Crippen molar-refractivity contribution in [2.45, 2.75) is 19.9 Å². The molecule has 0 spiro atoms. The number of aryl methyl sites for hydroxylation is 1. The number of nitrogens with one attached hydrogen (secondary N) is 1. The Morgan fingerprint density at radius 2 is 2.17 bits per heavy atom. The van der Waals surface area contributed by atoms with Crippen molar-refractivity contribution in [3.8, 4) is 0 Å². The first-order chi connectivity index (χ1) is 8.61. The van der Waals surface area contributed by atoms with Crippen LogP contribution in [0.2, 0.25) is 0 Å². The average Bonchev–Trinajstić information content (AvgIpc) is 2.66. The van der Waals surface area contributed by atoms with Crippen LogP contribution < -0.4 is 5.32 Å². The van der Waals surface area contributed by atoms with Crippen LogP contribution in [0.1, 0.15) is 29.0 Å². The Morgan fingerprint density at radius 3 is 2.72 bits per heavy atom. The van der Waals surface area contributed by atoms with E-state index >= 15 is 0 Å². The molecule has 0 saturated carbocycles. The third-order valence-corrected chi connectivity index (χ3v) is 5.62. The quantitative estimate of drug-likeness (QED) is 0.657. The molecule has 1 aromatic carbocycles. The van der Waals surface area contributed by atoms with Crippen LogP contribution in [-0.2, 0) is 0 Å². The lowest BCUT2D eigenvalue weighted by molar-refractivity contribution is 0.639. The van der Waals surface area contributed by atoms with E-state index in [-0.39, 0.29) is 0 Å². The average molecular weight is 436 g/mol. The standard InChI is InChI=1S/C14H15BrINS/c1-3-17-13(10-5-4-6-11(16)8-10)12-7-9(2)14(15)18-12/h4-8,13,17H,3H2,1-2H3. The van der Waals surface area contributed by atoms with Gasteiger partial charge in [0.1, 0.15) is 0 Å². The Balaban J connectivity index is 2.39. The highest BCUT2D eigenvalue weighted by atomic mass is 127. The van der Waals surface area contributed by atoms with Crippen LogP contribution in [0.5, 0.6) is 0 Å². The Morgan fingerprint density at radius 1 is 1.39 bits per heavy atom. The lowest BCUT2D eigenvalue weighted by atomic mass is 10.1. The Hall–Kier alpha value is 0.0900. The summed E-state index contributed by atoms with van der Waals surface area (Å²) in [7, 11) is 0. The smallest absolute Gasteiger partial charge is 0.0731 e. The molecular weight excluding hydrogens is 421 g/mol. The van der Waals surface area contributed by atoms with E-state index in [9.17, 15) is 0 Å². The van der Waals surface area contributed by atoms with Gasteiger partial charge in [-0.1, -0.05) is 19.1 Å². The Bertz CT molecular complexity index is 519. The summed E-state index contributed by atoms with van der Waals surface area (Å²) < 4.78 is 2.51. The Labute approximate surface area is 134 Å². The van der Waals surface area contributed by atoms with Crippen molar-refractivity contribution in [3.63, 3.8) is 0 Å². The van der Waals surface area contributed by atoms with Gasteiger partial charge in [0.15, 0.2) is 0 Å². The van der Waals surface area contributed by atoms with Gasteiger partial charge >= 0.3 is 0 Å². The molecule has 1 aromatic heterocycles. The van der Waals surface area contributed by atoms with Crippen molar-refractivity contribution in [2.75, 3.05) is 6.54 Å². The fraction of sp³-hybridized carbons (Fsp3) is 0.286. The van der Waals surface area contributed by atoms with E-state index < -0.39 is 0 Å². The summed E-state index contributed by atoms with van der Waals surface area (Å²) in [5.41, 5.74) is 2.64. The first-order valence-corrected chi connectivity index (χ1v) is 8.55. The molecule has 4 heteroatoms. The molecule has 0 aliphatic heterocycles. The van der Waals surface area contributed by atoms with Crippen molar-refractivity contribution in [1.29, 1.82) is 0 Å². The third-order valence-electron chi connectivity index (χ3n) is 2.75. The van der Waals surface area contributed by atoms with Gasteiger partial charge in [-0.25, -0.2) is 0 Å². The van der Waals surface area contributed by atoms with Gasteiger partial charge in [-0.2, -0.15) is 0 Å². The fourth-order valence-electron chi connectivity index (χ4n) is 1.90. The van der Waals surface area contributed by atoms with Crippen LogP contribution in [-0.4, -0.2) is 6.54 Å². The minimum absolute atomic E-state index is 0.291. The minimum atomic E-state index is 0.291. The van der Waals surface area contributed by atoms with Crippen LogP contribution >= 0.6 is 49.9 Å². The van der Waals surface area contributed by atoms with Crippen molar-refractivity contribution in [2.24, 2.45) is 0 Å². The zero-order valence-corrected chi connectivity index (χ0v) is 14.9. The van der Waals surface area contributed by atoms with E-state index in [1.54, 1.807) is 0 Å². The summed E-state index contributed by atoms with van der Waals surface area (Å²) in [5, 5.41) is 3.57. The summed E-state index contributed by atoms with van der Waals surface area (Å²) >= 11 is 7.79. The normalized spacial score (nSPS) is 12.7. The van der Waals surface area contributed by atoms with Crippen LogP contribution in [0, 0.1) is 10.5 Å². The van der Waals surface area contributed by atoms with Crippen molar-refractivity contribution >= 4 is 49.9 Å². The molecule has 1 nitrogen and oxygen atoms in total. The molecular formula is C14H15BrINS. The van der Waals surface area contributed by atoms with E-state index in [0.717, 1.165) is 6.54 Å².